The van der Waals surface area contributed by atoms with Gasteiger partial charge in [-0.1, -0.05) is 31.7 Å². The van der Waals surface area contributed by atoms with Gasteiger partial charge in [0.05, 0.1) is 10.8 Å². The number of aryl methyl sites for hydroxylation is 3. The number of nitrogen functional groups attached to an aromatic ring is 1. The standard InChI is InChI=1S/C26H26N2O4/c1-13-11-12-17-20-18(13)23(29)19-14(2)15-9-7-5-3-4-6-8-10-16(15)21(22(19)24(20)30)26(32)28(27)25(17)31/h11-12H,3-10,27H2,1-2H3. The van der Waals surface area contributed by atoms with E-state index in [1.807, 2.05) is 6.92 Å². The van der Waals surface area contributed by atoms with Crippen molar-refractivity contribution in [2.75, 3.05) is 5.84 Å². The third-order valence-corrected chi connectivity index (χ3v) is 7.30. The highest BCUT2D eigenvalue weighted by Gasteiger charge is 2.25. The van der Waals surface area contributed by atoms with Crippen LogP contribution in [0.3, 0.4) is 0 Å². The number of hydrogen-bond acceptors (Lipinski definition) is 5. The van der Waals surface area contributed by atoms with Gasteiger partial charge in [0.1, 0.15) is 0 Å². The highest BCUT2D eigenvalue weighted by Crippen LogP contribution is 2.32. The Hall–Kier alpha value is -3.28. The van der Waals surface area contributed by atoms with Gasteiger partial charge in [0.25, 0.3) is 11.1 Å². The highest BCUT2D eigenvalue weighted by atomic mass is 16.2. The van der Waals surface area contributed by atoms with Gasteiger partial charge in [-0.15, -0.1) is 0 Å². The molecule has 2 N–H and O–H groups in total. The monoisotopic (exact) mass is 430 g/mol. The average molecular weight is 431 g/mol. The highest BCUT2D eigenvalue weighted by molar-refractivity contribution is 6.13. The molecule has 164 valence electrons. The molecule has 4 aromatic rings. The van der Waals surface area contributed by atoms with Crippen LogP contribution >= 0.6 is 0 Å². The van der Waals surface area contributed by atoms with Crippen LogP contribution in [-0.4, -0.2) is 4.68 Å². The van der Waals surface area contributed by atoms with Crippen LogP contribution in [-0.2, 0) is 12.8 Å². The molecule has 0 saturated heterocycles. The summed E-state index contributed by atoms with van der Waals surface area (Å²) in [6, 6.07) is 3.12. The molecule has 0 saturated carbocycles. The second-order valence-electron chi connectivity index (χ2n) is 9.15. The zero-order valence-electron chi connectivity index (χ0n) is 18.5. The zero-order valence-corrected chi connectivity index (χ0v) is 18.5. The Labute approximate surface area is 183 Å². The molecule has 32 heavy (non-hydrogen) atoms. The van der Waals surface area contributed by atoms with E-state index in [4.69, 9.17) is 5.84 Å². The Bertz CT molecular complexity index is 1640. The summed E-state index contributed by atoms with van der Waals surface area (Å²) < 4.78 is 0.622. The predicted molar refractivity (Wildman–Crippen MR) is 129 cm³/mol. The van der Waals surface area contributed by atoms with Crippen molar-refractivity contribution in [2.45, 2.75) is 65.2 Å². The predicted octanol–water partition coefficient (Wildman–Crippen LogP) is 3.03. The molecule has 0 atom stereocenters. The first-order valence-corrected chi connectivity index (χ1v) is 11.4. The normalized spacial score (nSPS) is 15.4. The summed E-state index contributed by atoms with van der Waals surface area (Å²) in [5.41, 5.74) is 1.03. The van der Waals surface area contributed by atoms with Gasteiger partial charge in [-0.05, 0) is 67.9 Å². The molecule has 0 amide bonds. The van der Waals surface area contributed by atoms with E-state index in [1.165, 1.54) is 12.5 Å². The summed E-state index contributed by atoms with van der Waals surface area (Å²) in [4.78, 5) is 54.3. The average Bonchev–Trinajstić information content (AvgIpc) is 2.78. The molecule has 1 aliphatic carbocycles. The van der Waals surface area contributed by atoms with Gasteiger partial charge in [0.15, 0.2) is 10.9 Å². The molecular weight excluding hydrogens is 404 g/mol. The van der Waals surface area contributed by atoms with E-state index >= 15 is 0 Å². The summed E-state index contributed by atoms with van der Waals surface area (Å²) in [5, 5.41) is 0.947. The fourth-order valence-corrected chi connectivity index (χ4v) is 5.67. The molecule has 6 nitrogen and oxygen atoms in total. The Morgan fingerprint density at radius 1 is 0.656 bits per heavy atom. The van der Waals surface area contributed by atoms with Crippen molar-refractivity contribution < 1.29 is 0 Å². The van der Waals surface area contributed by atoms with Crippen molar-refractivity contribution in [1.82, 2.24) is 4.68 Å². The summed E-state index contributed by atoms with van der Waals surface area (Å²) in [6.45, 7) is 3.65. The molecule has 5 rings (SSSR count). The number of aromatic nitrogens is 1. The second kappa shape index (κ2) is 7.40. The van der Waals surface area contributed by atoms with Crippen LogP contribution in [0.4, 0.5) is 0 Å². The van der Waals surface area contributed by atoms with Crippen LogP contribution in [0.2, 0.25) is 0 Å². The molecule has 1 heterocycles. The first-order valence-electron chi connectivity index (χ1n) is 11.4. The van der Waals surface area contributed by atoms with Crippen molar-refractivity contribution in [3.8, 4) is 0 Å². The number of benzene rings is 3. The largest absolute Gasteiger partial charge is 0.333 e. The molecule has 0 fully saturated rings. The van der Waals surface area contributed by atoms with Gasteiger partial charge in [-0.3, -0.25) is 19.2 Å². The van der Waals surface area contributed by atoms with E-state index in [9.17, 15) is 19.2 Å². The maximum Gasteiger partial charge on any atom is 0.280 e. The molecule has 3 aromatic carbocycles. The molecule has 6 heteroatoms. The lowest BCUT2D eigenvalue weighted by atomic mass is 9.83. The van der Waals surface area contributed by atoms with Crippen LogP contribution in [0.1, 0.15) is 60.8 Å². The molecule has 0 radical (unpaired) electrons. The Kier molecular flexibility index (Phi) is 4.77. The third-order valence-electron chi connectivity index (χ3n) is 7.30. The number of hydrogen-bond donors (Lipinski definition) is 1. The van der Waals surface area contributed by atoms with Crippen LogP contribution < -0.4 is 27.8 Å². The topological polar surface area (TPSA) is 99.2 Å². The van der Waals surface area contributed by atoms with E-state index in [-0.39, 0.29) is 32.4 Å². The number of fused-ring (bicyclic) bond motifs is 2. The number of nitrogens with zero attached hydrogens (tertiary/aromatic N) is 1. The first-order chi connectivity index (χ1) is 15.3. The van der Waals surface area contributed by atoms with E-state index in [2.05, 4.69) is 0 Å². The molecule has 1 aromatic heterocycles. The van der Waals surface area contributed by atoms with Gasteiger partial charge in [0, 0.05) is 21.5 Å². The minimum absolute atomic E-state index is 0.00813. The molecule has 1 aliphatic rings. The Balaban J connectivity index is 2.18. The molecule has 0 aliphatic heterocycles. The first kappa shape index (κ1) is 20.6. The van der Waals surface area contributed by atoms with Gasteiger partial charge in [0.2, 0.25) is 0 Å². The Morgan fingerprint density at radius 3 is 1.94 bits per heavy atom. The maximum absolute atomic E-state index is 13.8. The fourth-order valence-electron chi connectivity index (χ4n) is 5.67. The minimum atomic E-state index is -0.754. The van der Waals surface area contributed by atoms with Crippen LogP contribution in [0.15, 0.2) is 31.3 Å². The van der Waals surface area contributed by atoms with E-state index < -0.39 is 16.5 Å². The van der Waals surface area contributed by atoms with Crippen molar-refractivity contribution in [3.05, 3.63) is 75.5 Å². The van der Waals surface area contributed by atoms with Crippen LogP contribution in [0, 0.1) is 13.8 Å². The van der Waals surface area contributed by atoms with Gasteiger partial charge >= 0.3 is 0 Å². The van der Waals surface area contributed by atoms with E-state index in [0.717, 1.165) is 55.2 Å². The quantitative estimate of drug-likeness (QED) is 0.341. The number of nitrogens with two attached hydrogens (primary N) is 1. The second-order valence-corrected chi connectivity index (χ2v) is 9.15. The summed E-state index contributed by atoms with van der Waals surface area (Å²) in [7, 11) is 0. The van der Waals surface area contributed by atoms with Gasteiger partial charge < -0.3 is 5.84 Å². The van der Waals surface area contributed by atoms with Gasteiger partial charge in [-0.25, -0.2) is 0 Å². The molecule has 2 bridgehead atoms. The number of rotatable bonds is 0. The molecule has 0 spiro atoms. The fraction of sp³-hybridized carbons (Fsp3) is 0.385. The van der Waals surface area contributed by atoms with Crippen molar-refractivity contribution >= 4 is 32.3 Å². The molecular formula is C26H26N2O4. The van der Waals surface area contributed by atoms with Crippen molar-refractivity contribution in [2.24, 2.45) is 0 Å². The third kappa shape index (κ3) is 2.71. The van der Waals surface area contributed by atoms with Gasteiger partial charge in [-0.2, -0.15) is 4.68 Å². The summed E-state index contributed by atoms with van der Waals surface area (Å²) in [5.74, 6) is 6.04. The van der Waals surface area contributed by atoms with Crippen LogP contribution in [0.25, 0.3) is 32.3 Å². The summed E-state index contributed by atoms with van der Waals surface area (Å²) in [6.07, 6.45) is 7.62. The SMILES string of the molecule is Cc1ccc2c(=O)n(N)c(=O)c3c4c(c(C)c5c(=O)c1c2c(=O)c53)CCCCCCCC4. The minimum Gasteiger partial charge on any atom is -0.333 e. The smallest absolute Gasteiger partial charge is 0.280 e. The molecule has 0 unspecified atom stereocenters. The van der Waals surface area contributed by atoms with E-state index in [1.54, 1.807) is 13.0 Å². The lowest BCUT2D eigenvalue weighted by Crippen LogP contribution is -2.39. The van der Waals surface area contributed by atoms with Crippen LogP contribution in [0.5, 0.6) is 0 Å². The lowest BCUT2D eigenvalue weighted by molar-refractivity contribution is 0.581. The zero-order chi connectivity index (χ0) is 22.7. The maximum atomic E-state index is 13.8. The Morgan fingerprint density at radius 2 is 1.25 bits per heavy atom. The van der Waals surface area contributed by atoms with Crippen molar-refractivity contribution in [1.29, 1.82) is 0 Å². The van der Waals surface area contributed by atoms with E-state index in [0.29, 0.717) is 22.0 Å². The summed E-state index contributed by atoms with van der Waals surface area (Å²) >= 11 is 0. The lowest BCUT2D eigenvalue weighted by Gasteiger charge is -2.20. The van der Waals surface area contributed by atoms with Crippen molar-refractivity contribution in [3.63, 3.8) is 0 Å².